The fourth-order valence-corrected chi connectivity index (χ4v) is 4.28. The Labute approximate surface area is 195 Å². The van der Waals surface area contributed by atoms with Crippen LogP contribution >= 0.6 is 0 Å². The van der Waals surface area contributed by atoms with Gasteiger partial charge in [0.25, 0.3) is 0 Å². The van der Waals surface area contributed by atoms with Gasteiger partial charge in [-0.1, -0.05) is 19.1 Å². The number of benzene rings is 2. The van der Waals surface area contributed by atoms with Crippen molar-refractivity contribution in [3.05, 3.63) is 65.4 Å². The molecule has 172 valence electrons. The number of para-hydroxylation sites is 1. The minimum atomic E-state index is -1.21. The molecule has 3 N–H and O–H groups in total. The molecular formula is C25H22N4O5. The summed E-state index contributed by atoms with van der Waals surface area (Å²) in [5, 5.41) is 29.7. The number of carbonyl (C=O) groups is 2. The summed E-state index contributed by atoms with van der Waals surface area (Å²) < 4.78 is 5.28. The van der Waals surface area contributed by atoms with Crippen molar-refractivity contribution in [3.63, 3.8) is 0 Å². The van der Waals surface area contributed by atoms with Crippen LogP contribution in [-0.4, -0.2) is 33.5 Å². The monoisotopic (exact) mass is 458 g/mol. The van der Waals surface area contributed by atoms with Crippen LogP contribution in [0.3, 0.4) is 0 Å². The Balaban J connectivity index is 1.39. The van der Waals surface area contributed by atoms with Crippen molar-refractivity contribution < 1.29 is 24.2 Å². The number of phenolic OH excluding ortho intramolecular Hbond substituents is 1. The lowest BCUT2D eigenvalue weighted by Gasteiger charge is -2.14. The summed E-state index contributed by atoms with van der Waals surface area (Å²) in [7, 11) is 0. The van der Waals surface area contributed by atoms with Gasteiger partial charge in [-0.15, -0.1) is 0 Å². The number of rotatable bonds is 5. The number of aryl methyl sites for hydroxylation is 1. The van der Waals surface area contributed by atoms with Gasteiger partial charge in [0, 0.05) is 0 Å². The fraction of sp³-hybridized carbons (Fsp3) is 0.200. The van der Waals surface area contributed by atoms with Crippen LogP contribution in [0.25, 0.3) is 11.3 Å². The van der Waals surface area contributed by atoms with Crippen molar-refractivity contribution in [1.29, 1.82) is 0 Å². The molecule has 0 spiro atoms. The van der Waals surface area contributed by atoms with E-state index in [2.05, 4.69) is 22.6 Å². The van der Waals surface area contributed by atoms with Gasteiger partial charge in [-0.3, -0.25) is 10.2 Å². The standard InChI is InChI=1S/C25H22N4O5/c1-13-6-7-15-8-9-16(12-18(13)15)29-24(31)22(14(2)28-29)27-26-19-5-3-4-17(23(19)30)20-10-11-21(34-20)25(32)33/h3-5,8-13,26,30H,6-7H2,1-2H3,(H,32,33). The average Bonchev–Trinajstić information content (AvgIpc) is 3.52. The van der Waals surface area contributed by atoms with E-state index in [1.807, 2.05) is 18.2 Å². The number of nitrogens with one attached hydrogen (secondary N) is 1. The number of carboxylic acids is 1. The summed E-state index contributed by atoms with van der Waals surface area (Å²) in [6.07, 6.45) is 2.14. The predicted octanol–water partition coefficient (Wildman–Crippen LogP) is 4.59. The first-order valence-electron chi connectivity index (χ1n) is 10.9. The number of aromatic carboxylic acids is 1. The molecule has 9 nitrogen and oxygen atoms in total. The van der Waals surface area contributed by atoms with Crippen LogP contribution in [0.5, 0.6) is 5.75 Å². The molecule has 2 aromatic carbocycles. The predicted molar refractivity (Wildman–Crippen MR) is 128 cm³/mol. The topological polar surface area (TPSA) is 128 Å². The van der Waals surface area contributed by atoms with E-state index in [4.69, 9.17) is 9.52 Å². The summed E-state index contributed by atoms with van der Waals surface area (Å²) >= 11 is 0. The Morgan fingerprint density at radius 1 is 1.24 bits per heavy atom. The fourth-order valence-electron chi connectivity index (χ4n) is 4.28. The van der Waals surface area contributed by atoms with Crippen LogP contribution in [0.15, 0.2) is 63.2 Å². The SMILES string of the molecule is CC1=NN(c2ccc3c(c2)C(C)CC3)C(=O)C1=NNc1cccc(-c2ccc(C(=O)O)o2)c1O. The maximum Gasteiger partial charge on any atom is 0.371 e. The Kier molecular flexibility index (Phi) is 5.16. The first-order chi connectivity index (χ1) is 16.3. The van der Waals surface area contributed by atoms with Crippen LogP contribution < -0.4 is 10.4 Å². The number of fused-ring (bicyclic) bond motifs is 1. The quantitative estimate of drug-likeness (QED) is 0.379. The molecule has 2 heterocycles. The number of hydrazone groups is 2. The molecule has 2 aliphatic rings. The molecule has 1 aliphatic carbocycles. The van der Waals surface area contributed by atoms with Crippen molar-refractivity contribution in [2.24, 2.45) is 10.2 Å². The van der Waals surface area contributed by atoms with E-state index < -0.39 is 5.97 Å². The van der Waals surface area contributed by atoms with Crippen molar-refractivity contribution in [1.82, 2.24) is 0 Å². The van der Waals surface area contributed by atoms with Gasteiger partial charge in [0.2, 0.25) is 5.76 Å². The third-order valence-corrected chi connectivity index (χ3v) is 6.15. The number of anilines is 2. The Hall–Kier alpha value is -4.40. The van der Waals surface area contributed by atoms with E-state index in [1.54, 1.807) is 25.1 Å². The van der Waals surface area contributed by atoms with E-state index in [9.17, 15) is 14.7 Å². The first kappa shape index (κ1) is 21.4. The Morgan fingerprint density at radius 2 is 2.06 bits per heavy atom. The number of carbonyl (C=O) groups excluding carboxylic acids is 1. The molecule has 9 heteroatoms. The minimum Gasteiger partial charge on any atom is -0.505 e. The number of hydrogen-bond acceptors (Lipinski definition) is 7. The zero-order chi connectivity index (χ0) is 24.0. The lowest BCUT2D eigenvalue weighted by Crippen LogP contribution is -2.28. The average molecular weight is 458 g/mol. The van der Waals surface area contributed by atoms with Gasteiger partial charge in [0.15, 0.2) is 11.5 Å². The molecule has 0 radical (unpaired) electrons. The van der Waals surface area contributed by atoms with Gasteiger partial charge >= 0.3 is 11.9 Å². The van der Waals surface area contributed by atoms with E-state index in [0.29, 0.717) is 17.3 Å². The largest absolute Gasteiger partial charge is 0.505 e. The zero-order valence-electron chi connectivity index (χ0n) is 18.6. The van der Waals surface area contributed by atoms with Gasteiger partial charge in [0.1, 0.15) is 5.76 Å². The number of hydrogen-bond donors (Lipinski definition) is 3. The molecule has 1 amide bonds. The van der Waals surface area contributed by atoms with E-state index >= 15 is 0 Å². The van der Waals surface area contributed by atoms with Crippen LogP contribution in [-0.2, 0) is 11.2 Å². The smallest absolute Gasteiger partial charge is 0.371 e. The molecule has 1 unspecified atom stereocenters. The molecule has 0 fully saturated rings. The van der Waals surface area contributed by atoms with E-state index in [1.165, 1.54) is 28.3 Å². The lowest BCUT2D eigenvalue weighted by molar-refractivity contribution is -0.112. The highest BCUT2D eigenvalue weighted by molar-refractivity contribution is 6.71. The van der Waals surface area contributed by atoms with Crippen molar-refractivity contribution in [2.45, 2.75) is 32.6 Å². The summed E-state index contributed by atoms with van der Waals surface area (Å²) in [5.74, 6) is -1.37. The number of nitrogens with zero attached hydrogens (tertiary/aromatic N) is 3. The summed E-state index contributed by atoms with van der Waals surface area (Å²) in [6.45, 7) is 3.87. The Bertz CT molecular complexity index is 1390. The summed E-state index contributed by atoms with van der Waals surface area (Å²) in [5.41, 5.74) is 7.06. The van der Waals surface area contributed by atoms with Crippen molar-refractivity contribution in [2.75, 3.05) is 10.4 Å². The maximum atomic E-state index is 13.1. The molecule has 0 saturated heterocycles. The van der Waals surface area contributed by atoms with Gasteiger partial charge in [-0.25, -0.2) is 4.79 Å². The number of aromatic hydroxyl groups is 1. The molecule has 0 saturated carbocycles. The highest BCUT2D eigenvalue weighted by atomic mass is 16.4. The zero-order valence-corrected chi connectivity index (χ0v) is 18.6. The lowest BCUT2D eigenvalue weighted by atomic mass is 10.0. The molecular weight excluding hydrogens is 436 g/mol. The molecule has 0 bridgehead atoms. The summed E-state index contributed by atoms with van der Waals surface area (Å²) in [6, 6.07) is 13.5. The second kappa shape index (κ2) is 8.18. The Morgan fingerprint density at radius 3 is 2.82 bits per heavy atom. The first-order valence-corrected chi connectivity index (χ1v) is 10.9. The molecule has 3 aromatic rings. The number of phenols is 1. The van der Waals surface area contributed by atoms with Crippen molar-refractivity contribution in [3.8, 4) is 17.1 Å². The molecule has 34 heavy (non-hydrogen) atoms. The van der Waals surface area contributed by atoms with Crippen LogP contribution in [0.1, 0.15) is 47.9 Å². The molecule has 1 atom stereocenters. The van der Waals surface area contributed by atoms with Crippen molar-refractivity contribution >= 4 is 34.7 Å². The van der Waals surface area contributed by atoms with Crippen LogP contribution in [0.2, 0.25) is 0 Å². The second-order valence-electron chi connectivity index (χ2n) is 8.37. The van der Waals surface area contributed by atoms with Gasteiger partial charge in [0.05, 0.1) is 22.6 Å². The highest BCUT2D eigenvalue weighted by Crippen LogP contribution is 2.37. The van der Waals surface area contributed by atoms with E-state index in [-0.39, 0.29) is 40.1 Å². The molecule has 5 rings (SSSR count). The normalized spacial score (nSPS) is 18.4. The minimum absolute atomic E-state index is 0.129. The highest BCUT2D eigenvalue weighted by Gasteiger charge is 2.32. The van der Waals surface area contributed by atoms with Gasteiger partial charge < -0.3 is 14.6 Å². The van der Waals surface area contributed by atoms with Gasteiger partial charge in [-0.2, -0.15) is 15.2 Å². The third-order valence-electron chi connectivity index (χ3n) is 6.15. The van der Waals surface area contributed by atoms with Crippen LogP contribution in [0, 0.1) is 0 Å². The van der Waals surface area contributed by atoms with E-state index in [0.717, 1.165) is 12.8 Å². The second-order valence-corrected chi connectivity index (χ2v) is 8.37. The molecule has 1 aliphatic heterocycles. The molecule has 1 aromatic heterocycles. The van der Waals surface area contributed by atoms with Gasteiger partial charge in [-0.05, 0) is 73.2 Å². The van der Waals surface area contributed by atoms with Crippen LogP contribution in [0.4, 0.5) is 11.4 Å². The number of carboxylic acid groups (broad SMARTS) is 1. The number of furan rings is 1. The third kappa shape index (κ3) is 3.61. The summed E-state index contributed by atoms with van der Waals surface area (Å²) in [4.78, 5) is 24.1. The maximum absolute atomic E-state index is 13.1. The number of amides is 1.